The third-order valence-electron chi connectivity index (χ3n) is 5.16. The maximum absolute atomic E-state index is 13.1. The Labute approximate surface area is 201 Å². The first-order valence-electron chi connectivity index (χ1n) is 9.97. The van der Waals surface area contributed by atoms with Crippen LogP contribution in [0.1, 0.15) is 28.2 Å². The summed E-state index contributed by atoms with van der Waals surface area (Å²) in [6.45, 7) is 1.76. The summed E-state index contributed by atoms with van der Waals surface area (Å²) in [6.07, 6.45) is -5.19. The first kappa shape index (κ1) is 25.4. The molecule has 4 rings (SSSR count). The summed E-state index contributed by atoms with van der Waals surface area (Å²) in [5, 5.41) is 22.5. The highest BCUT2D eigenvalue weighted by Crippen LogP contribution is 2.47. The third-order valence-corrected chi connectivity index (χ3v) is 6.09. The number of hydrogen-bond donors (Lipinski definition) is 1. The molecule has 0 aliphatic carbocycles. The van der Waals surface area contributed by atoms with Gasteiger partial charge in [-0.15, -0.1) is 11.3 Å². The number of diazo groups is 1. The highest BCUT2D eigenvalue weighted by atomic mass is 32.1. The Morgan fingerprint density at radius 2 is 1.69 bits per heavy atom. The van der Waals surface area contributed by atoms with Crippen LogP contribution in [0.5, 0.6) is 0 Å². The molecular formula is C23H17F3N4O4S. The van der Waals surface area contributed by atoms with Crippen LogP contribution in [0.4, 0.5) is 24.5 Å². The Bertz CT molecular complexity index is 1260. The number of carboxylic acids is 1. The lowest BCUT2D eigenvalue weighted by Gasteiger charge is -2.54. The number of rotatable bonds is 4. The summed E-state index contributed by atoms with van der Waals surface area (Å²) in [4.78, 5) is 40.5. The van der Waals surface area contributed by atoms with Gasteiger partial charge in [-0.1, -0.05) is 24.3 Å². The van der Waals surface area contributed by atoms with Crippen molar-refractivity contribution in [2.45, 2.75) is 24.7 Å². The Kier molecular flexibility index (Phi) is 7.21. The summed E-state index contributed by atoms with van der Waals surface area (Å²) >= 11 is 1.55. The largest absolute Gasteiger partial charge is 0.542 e. The van der Waals surface area contributed by atoms with Gasteiger partial charge in [0.25, 0.3) is 11.8 Å². The van der Waals surface area contributed by atoms with Crippen LogP contribution in [0.2, 0.25) is 0 Å². The van der Waals surface area contributed by atoms with E-state index in [4.69, 9.17) is 15.3 Å². The molecular weight excluding hydrogens is 485 g/mol. The lowest BCUT2D eigenvalue weighted by Crippen LogP contribution is -2.74. The van der Waals surface area contributed by atoms with Crippen molar-refractivity contribution in [1.29, 1.82) is 5.39 Å². The molecule has 2 heterocycles. The Morgan fingerprint density at radius 1 is 1.09 bits per heavy atom. The normalized spacial score (nSPS) is 19.0. The lowest BCUT2D eigenvalue weighted by atomic mass is 9.78. The monoisotopic (exact) mass is 502 g/mol. The van der Waals surface area contributed by atoms with E-state index in [2.05, 4.69) is 10.3 Å². The van der Waals surface area contributed by atoms with E-state index in [9.17, 15) is 22.8 Å². The van der Waals surface area contributed by atoms with Crippen LogP contribution >= 0.6 is 11.3 Å². The first-order valence-corrected chi connectivity index (χ1v) is 10.8. The maximum atomic E-state index is 13.1. The van der Waals surface area contributed by atoms with Gasteiger partial charge in [-0.05, 0) is 42.6 Å². The van der Waals surface area contributed by atoms with Gasteiger partial charge in [-0.3, -0.25) is 14.5 Å². The number of thiophene rings is 1. The van der Waals surface area contributed by atoms with Crippen molar-refractivity contribution in [2.75, 3.05) is 4.90 Å². The van der Waals surface area contributed by atoms with E-state index in [1.54, 1.807) is 35.3 Å². The predicted molar refractivity (Wildman–Crippen MR) is 119 cm³/mol. The molecule has 1 fully saturated rings. The van der Waals surface area contributed by atoms with E-state index in [-0.39, 0.29) is 17.9 Å². The lowest BCUT2D eigenvalue weighted by molar-refractivity contribution is -0.344. The number of anilines is 1. The summed E-state index contributed by atoms with van der Waals surface area (Å²) in [5.41, 5.74) is 0.489. The van der Waals surface area contributed by atoms with E-state index in [1.165, 1.54) is 12.1 Å². The van der Waals surface area contributed by atoms with Crippen LogP contribution in [0.15, 0.2) is 72.1 Å². The predicted octanol–water partition coefficient (Wildman–Crippen LogP) is 3.81. The molecule has 0 spiro atoms. The van der Waals surface area contributed by atoms with Crippen molar-refractivity contribution in [3.63, 3.8) is 0 Å². The Morgan fingerprint density at radius 3 is 2.17 bits per heavy atom. The topological polar surface area (TPSA) is 118 Å². The zero-order chi connectivity index (χ0) is 25.8. The number of amides is 2. The van der Waals surface area contributed by atoms with Crippen molar-refractivity contribution >= 4 is 40.5 Å². The molecule has 2 amide bonds. The average molecular weight is 502 g/mol. The molecule has 1 aliphatic heterocycles. The van der Waals surface area contributed by atoms with Gasteiger partial charge in [0.05, 0.1) is 0 Å². The van der Waals surface area contributed by atoms with Gasteiger partial charge >= 0.3 is 11.9 Å². The van der Waals surface area contributed by atoms with Crippen molar-refractivity contribution in [3.05, 3.63) is 87.5 Å². The first-order chi connectivity index (χ1) is 16.5. The second kappa shape index (κ2) is 9.94. The van der Waals surface area contributed by atoms with Crippen LogP contribution in [-0.2, 0) is 9.59 Å². The van der Waals surface area contributed by atoms with Gasteiger partial charge in [-0.2, -0.15) is 13.2 Å². The van der Waals surface area contributed by atoms with Crippen molar-refractivity contribution in [1.82, 2.24) is 5.32 Å². The quantitative estimate of drug-likeness (QED) is 0.430. The molecule has 3 aromatic rings. The van der Waals surface area contributed by atoms with Gasteiger partial charge in [0.2, 0.25) is 5.39 Å². The average Bonchev–Trinajstić information content (AvgIpc) is 3.36. The number of para-hydroxylation sites is 1. The summed E-state index contributed by atoms with van der Waals surface area (Å²) in [6, 6.07) is 19.2. The molecule has 1 saturated heterocycles. The molecule has 0 saturated carbocycles. The molecule has 1 aliphatic rings. The van der Waals surface area contributed by atoms with Crippen LogP contribution < -0.4 is 15.3 Å². The fraction of sp³-hybridized carbons (Fsp3) is 0.174. The highest BCUT2D eigenvalue weighted by molar-refractivity contribution is 7.10. The fourth-order valence-electron chi connectivity index (χ4n) is 3.50. The second-order valence-electron chi connectivity index (χ2n) is 7.52. The summed E-state index contributed by atoms with van der Waals surface area (Å²) < 4.78 is 31.5. The number of carbonyl (C=O) groups is 3. The minimum absolute atomic E-state index is 0.160. The number of carbonyl (C=O) groups excluding carboxylic acids is 3. The van der Waals surface area contributed by atoms with Gasteiger partial charge in [0, 0.05) is 28.3 Å². The van der Waals surface area contributed by atoms with Crippen LogP contribution in [0.3, 0.4) is 0 Å². The minimum atomic E-state index is -5.19. The van der Waals surface area contributed by atoms with Crippen molar-refractivity contribution in [2.24, 2.45) is 0 Å². The number of halogens is 3. The highest BCUT2D eigenvalue weighted by Gasteiger charge is 2.60. The number of alkyl halides is 3. The zero-order valence-corrected chi connectivity index (χ0v) is 18.8. The standard InChI is InChI=1S/C21H16N4O2S.C2HF3O2/c1-21(23-19(26)14-9-11-15(24-22)12-10-14)18(17-8-5-13-28-17)25(20(21)27)16-6-3-2-4-7-16;3-2(4,5)1(6)7/h2-13,18H,1H3;(H,6,7)/t18-,21-;/m1./s1. The molecule has 0 unspecified atom stereocenters. The summed E-state index contributed by atoms with van der Waals surface area (Å²) in [5.74, 6) is -3.52. The molecule has 0 bridgehead atoms. The Hall–Kier alpha value is -4.24. The smallest absolute Gasteiger partial charge is 0.430 e. The maximum Gasteiger partial charge on any atom is 0.430 e. The number of aliphatic carboxylic acids is 1. The van der Waals surface area contributed by atoms with E-state index in [0.29, 0.717) is 11.3 Å². The second-order valence-corrected chi connectivity index (χ2v) is 8.50. The molecule has 35 heavy (non-hydrogen) atoms. The number of hydrogen-bond acceptors (Lipinski definition) is 6. The van der Waals surface area contributed by atoms with Crippen LogP contribution in [-0.4, -0.2) is 29.5 Å². The fourth-order valence-corrected chi connectivity index (χ4v) is 4.44. The molecule has 2 atom stereocenters. The minimum Gasteiger partial charge on any atom is -0.542 e. The molecule has 1 N–H and O–H groups in total. The van der Waals surface area contributed by atoms with Crippen LogP contribution in [0.25, 0.3) is 4.98 Å². The van der Waals surface area contributed by atoms with Gasteiger partial charge < -0.3 is 15.2 Å². The number of benzene rings is 2. The van der Waals surface area contributed by atoms with Gasteiger partial charge in [0.15, 0.2) is 4.98 Å². The molecule has 2 aromatic carbocycles. The molecule has 8 nitrogen and oxygen atoms in total. The zero-order valence-electron chi connectivity index (χ0n) is 18.0. The van der Waals surface area contributed by atoms with Gasteiger partial charge in [-0.25, -0.2) is 0 Å². The van der Waals surface area contributed by atoms with E-state index < -0.39 is 17.7 Å². The van der Waals surface area contributed by atoms with Crippen molar-refractivity contribution in [3.8, 4) is 0 Å². The van der Waals surface area contributed by atoms with E-state index in [1.807, 2.05) is 47.8 Å². The third kappa shape index (κ3) is 5.30. The number of nitrogens with one attached hydrogen (secondary N) is 1. The van der Waals surface area contributed by atoms with E-state index in [0.717, 1.165) is 10.6 Å². The number of nitrogens with zero attached hydrogens (tertiary/aromatic N) is 3. The van der Waals surface area contributed by atoms with Crippen molar-refractivity contribution < 1.29 is 32.7 Å². The molecule has 12 heteroatoms. The Balaban J connectivity index is 0.000000429. The van der Waals surface area contributed by atoms with Crippen LogP contribution in [0, 0.1) is 5.39 Å². The van der Waals surface area contributed by atoms with Gasteiger partial charge in [0.1, 0.15) is 17.6 Å². The summed E-state index contributed by atoms with van der Waals surface area (Å²) in [7, 11) is 0. The molecule has 0 radical (unpaired) electrons. The number of β-lactam (4-membered cyclic amide) rings is 1. The molecule has 180 valence electrons. The van der Waals surface area contributed by atoms with E-state index >= 15 is 0 Å². The number of carboxylic acid groups (broad SMARTS) is 1. The SMILES string of the molecule is C[C@]1(NC(=O)c2ccc([N+]#N)cc2)C(=O)N(c2ccccc2)[C@@H]1c1cccs1.O=C([O-])C(F)(F)F. The molecule has 1 aromatic heterocycles.